The number of nitrogens with zero attached hydrogens (tertiary/aromatic N) is 3. The Labute approximate surface area is 168 Å². The molecule has 146 valence electrons. The van der Waals surface area contributed by atoms with Crippen molar-refractivity contribution in [1.29, 1.82) is 0 Å². The molecule has 1 unspecified atom stereocenters. The zero-order valence-electron chi connectivity index (χ0n) is 16.6. The van der Waals surface area contributed by atoms with Crippen LogP contribution in [0.4, 0.5) is 0 Å². The van der Waals surface area contributed by atoms with Crippen molar-refractivity contribution >= 4 is 27.5 Å². The Morgan fingerprint density at radius 2 is 2.11 bits per heavy atom. The van der Waals surface area contributed by atoms with E-state index >= 15 is 0 Å². The maximum Gasteiger partial charge on any atom is 0.262 e. The van der Waals surface area contributed by atoms with Gasteiger partial charge in [0.15, 0.2) is 0 Å². The number of aryl methyl sites for hydroxylation is 2. The third kappa shape index (κ3) is 3.49. The number of fused-ring (bicyclic) bond motifs is 1. The number of hydrogen-bond donors (Lipinski definition) is 0. The van der Waals surface area contributed by atoms with Crippen molar-refractivity contribution in [3.8, 4) is 11.1 Å². The van der Waals surface area contributed by atoms with Crippen LogP contribution in [-0.2, 0) is 11.3 Å². The number of piperidine rings is 1. The van der Waals surface area contributed by atoms with E-state index in [4.69, 9.17) is 0 Å². The number of aromatic nitrogens is 2. The van der Waals surface area contributed by atoms with Crippen LogP contribution in [0.15, 0.2) is 34.7 Å². The molecule has 0 spiro atoms. The minimum Gasteiger partial charge on any atom is -0.343 e. The summed E-state index contributed by atoms with van der Waals surface area (Å²) in [6.07, 6.45) is 3.68. The van der Waals surface area contributed by atoms with Crippen molar-refractivity contribution in [2.75, 3.05) is 13.1 Å². The third-order valence-corrected chi connectivity index (χ3v) is 6.55. The first kappa shape index (κ1) is 18.9. The predicted molar refractivity (Wildman–Crippen MR) is 114 cm³/mol. The molecule has 1 atom stereocenters. The van der Waals surface area contributed by atoms with Crippen molar-refractivity contribution in [2.45, 2.75) is 40.2 Å². The summed E-state index contributed by atoms with van der Waals surface area (Å²) in [6.45, 7) is 7.90. The Hall–Kier alpha value is -2.47. The zero-order chi connectivity index (χ0) is 19.8. The highest BCUT2D eigenvalue weighted by Crippen LogP contribution is 2.33. The number of benzene rings is 1. The quantitative estimate of drug-likeness (QED) is 0.674. The number of amides is 1. The monoisotopic (exact) mass is 395 g/mol. The van der Waals surface area contributed by atoms with Gasteiger partial charge in [0.1, 0.15) is 4.83 Å². The summed E-state index contributed by atoms with van der Waals surface area (Å²) in [5.41, 5.74) is 4.42. The van der Waals surface area contributed by atoms with Gasteiger partial charge in [-0.2, -0.15) is 0 Å². The third-order valence-electron chi connectivity index (χ3n) is 5.66. The first-order valence-electron chi connectivity index (χ1n) is 9.74. The van der Waals surface area contributed by atoms with Crippen molar-refractivity contribution in [2.24, 2.45) is 5.92 Å². The Bertz CT molecular complexity index is 1100. The van der Waals surface area contributed by atoms with Gasteiger partial charge in [-0.1, -0.05) is 23.8 Å². The van der Waals surface area contributed by atoms with Crippen LogP contribution in [-0.4, -0.2) is 33.4 Å². The number of hydrogen-bond acceptors (Lipinski definition) is 4. The zero-order valence-corrected chi connectivity index (χ0v) is 17.4. The molecule has 1 aliphatic heterocycles. The highest BCUT2D eigenvalue weighted by Gasteiger charge is 2.23. The van der Waals surface area contributed by atoms with E-state index in [1.165, 1.54) is 16.9 Å². The van der Waals surface area contributed by atoms with Gasteiger partial charge in [-0.25, -0.2) is 4.98 Å². The molecule has 2 aromatic heterocycles. The lowest BCUT2D eigenvalue weighted by molar-refractivity contribution is -0.130. The summed E-state index contributed by atoms with van der Waals surface area (Å²) in [7, 11) is 0. The van der Waals surface area contributed by atoms with Crippen molar-refractivity contribution in [1.82, 2.24) is 14.5 Å². The second-order valence-electron chi connectivity index (χ2n) is 7.82. The second kappa shape index (κ2) is 7.51. The number of thiophene rings is 1. The molecule has 0 aliphatic carbocycles. The summed E-state index contributed by atoms with van der Waals surface area (Å²) >= 11 is 1.52. The van der Waals surface area contributed by atoms with E-state index in [9.17, 15) is 9.59 Å². The van der Waals surface area contributed by atoms with Crippen LogP contribution in [0.1, 0.15) is 30.9 Å². The van der Waals surface area contributed by atoms with Gasteiger partial charge in [0.05, 0.1) is 11.7 Å². The van der Waals surface area contributed by atoms with E-state index in [-0.39, 0.29) is 17.4 Å². The lowest BCUT2D eigenvalue weighted by Crippen LogP contribution is -2.40. The molecular formula is C22H25N3O2S. The first-order chi connectivity index (χ1) is 13.4. The SMILES string of the molecule is CC(=O)N1CCCC(Cn2cnc3scc(-c4cc(C)ccc4C)c3c2=O)C1. The fourth-order valence-electron chi connectivity index (χ4n) is 4.10. The second-order valence-corrected chi connectivity index (χ2v) is 8.68. The molecule has 3 aromatic rings. The van der Waals surface area contributed by atoms with Crippen molar-refractivity contribution < 1.29 is 4.79 Å². The Balaban J connectivity index is 1.72. The fourth-order valence-corrected chi connectivity index (χ4v) is 5.00. The lowest BCUT2D eigenvalue weighted by atomic mass is 9.97. The molecule has 0 saturated carbocycles. The maximum atomic E-state index is 13.3. The predicted octanol–water partition coefficient (Wildman–Crippen LogP) is 4.00. The van der Waals surface area contributed by atoms with E-state index in [2.05, 4.69) is 37.0 Å². The molecule has 28 heavy (non-hydrogen) atoms. The molecule has 1 aliphatic rings. The van der Waals surface area contributed by atoms with E-state index in [0.717, 1.165) is 40.9 Å². The molecule has 3 heterocycles. The molecular weight excluding hydrogens is 370 g/mol. The molecule has 1 fully saturated rings. The van der Waals surface area contributed by atoms with Gasteiger partial charge in [0.25, 0.3) is 5.56 Å². The molecule has 0 bridgehead atoms. The molecule has 1 aromatic carbocycles. The fraction of sp³-hybridized carbons (Fsp3) is 0.409. The summed E-state index contributed by atoms with van der Waals surface area (Å²) in [6, 6.07) is 6.33. The molecule has 1 amide bonds. The summed E-state index contributed by atoms with van der Waals surface area (Å²) in [5.74, 6) is 0.401. The van der Waals surface area contributed by atoms with Gasteiger partial charge in [0.2, 0.25) is 5.91 Å². The largest absolute Gasteiger partial charge is 0.343 e. The summed E-state index contributed by atoms with van der Waals surface area (Å²) in [4.78, 5) is 32.3. The average molecular weight is 396 g/mol. The van der Waals surface area contributed by atoms with E-state index in [0.29, 0.717) is 18.5 Å². The van der Waals surface area contributed by atoms with Crippen LogP contribution in [0.25, 0.3) is 21.3 Å². The standard InChI is InChI=1S/C22H25N3O2S/c1-14-6-7-15(2)18(9-14)19-12-28-21-20(19)22(27)25(13-23-21)11-17-5-4-8-24(10-17)16(3)26/h6-7,9,12-13,17H,4-5,8,10-11H2,1-3H3. The van der Waals surface area contributed by atoms with Crippen molar-refractivity contribution in [3.05, 3.63) is 51.4 Å². The Morgan fingerprint density at radius 1 is 1.29 bits per heavy atom. The van der Waals surface area contributed by atoms with Gasteiger partial charge in [-0.3, -0.25) is 14.2 Å². The summed E-state index contributed by atoms with van der Waals surface area (Å²) < 4.78 is 1.73. The minimum absolute atomic E-state index is 0.0158. The van der Waals surface area contributed by atoms with Crippen LogP contribution in [0.5, 0.6) is 0 Å². The minimum atomic E-state index is 0.0158. The number of rotatable bonds is 3. The van der Waals surface area contributed by atoms with Gasteiger partial charge in [-0.15, -0.1) is 11.3 Å². The molecule has 0 radical (unpaired) electrons. The molecule has 6 heteroatoms. The summed E-state index contributed by atoms with van der Waals surface area (Å²) in [5, 5.41) is 2.75. The topological polar surface area (TPSA) is 55.2 Å². The van der Waals surface area contributed by atoms with E-state index in [1.807, 2.05) is 10.3 Å². The van der Waals surface area contributed by atoms with Crippen LogP contribution < -0.4 is 5.56 Å². The first-order valence-corrected chi connectivity index (χ1v) is 10.6. The average Bonchev–Trinajstić information content (AvgIpc) is 3.11. The number of carbonyl (C=O) groups is 1. The maximum absolute atomic E-state index is 13.3. The van der Waals surface area contributed by atoms with Crippen LogP contribution in [0.2, 0.25) is 0 Å². The molecule has 4 rings (SSSR count). The van der Waals surface area contributed by atoms with Crippen molar-refractivity contribution in [3.63, 3.8) is 0 Å². The van der Waals surface area contributed by atoms with Gasteiger partial charge in [0, 0.05) is 37.5 Å². The van der Waals surface area contributed by atoms with Crippen LogP contribution >= 0.6 is 11.3 Å². The van der Waals surface area contributed by atoms with Gasteiger partial charge < -0.3 is 4.90 Å². The highest BCUT2D eigenvalue weighted by molar-refractivity contribution is 7.17. The van der Waals surface area contributed by atoms with Gasteiger partial charge >= 0.3 is 0 Å². The molecule has 5 nitrogen and oxygen atoms in total. The van der Waals surface area contributed by atoms with Crippen LogP contribution in [0, 0.1) is 19.8 Å². The Morgan fingerprint density at radius 3 is 2.89 bits per heavy atom. The number of carbonyl (C=O) groups excluding carboxylic acids is 1. The number of likely N-dealkylation sites (tertiary alicyclic amines) is 1. The van der Waals surface area contributed by atoms with Gasteiger partial charge in [-0.05, 0) is 43.7 Å². The smallest absolute Gasteiger partial charge is 0.262 e. The molecule has 1 saturated heterocycles. The highest BCUT2D eigenvalue weighted by atomic mass is 32.1. The van der Waals surface area contributed by atoms with Crippen LogP contribution in [0.3, 0.4) is 0 Å². The van der Waals surface area contributed by atoms with E-state index in [1.54, 1.807) is 17.8 Å². The lowest BCUT2D eigenvalue weighted by Gasteiger charge is -2.32. The Kier molecular flexibility index (Phi) is 5.06. The molecule has 0 N–H and O–H groups in total. The normalized spacial score (nSPS) is 17.2. The van der Waals surface area contributed by atoms with E-state index < -0.39 is 0 Å².